The van der Waals surface area contributed by atoms with Gasteiger partial charge < -0.3 is 63.0 Å². The van der Waals surface area contributed by atoms with E-state index in [1.54, 1.807) is 45.0 Å². The van der Waals surface area contributed by atoms with E-state index in [9.17, 15) is 27.6 Å². The Balaban J connectivity index is 0.000000162. The first kappa shape index (κ1) is 107. The van der Waals surface area contributed by atoms with Crippen LogP contribution in [0.2, 0.25) is 40.2 Å². The van der Waals surface area contributed by atoms with Crippen molar-refractivity contribution in [3.63, 3.8) is 0 Å². The van der Waals surface area contributed by atoms with Crippen LogP contribution in [0.5, 0.6) is 23.0 Å². The molecular formula is C111H117Cl8F3N12O9. The van der Waals surface area contributed by atoms with E-state index in [1.165, 1.54) is 44.2 Å². The van der Waals surface area contributed by atoms with Crippen molar-refractivity contribution in [1.29, 1.82) is 0 Å². The van der Waals surface area contributed by atoms with Crippen LogP contribution < -0.4 is 34.9 Å². The molecule has 5 heterocycles. The number of carbonyl (C=O) groups is 3. The number of halogens is 11. The Morgan fingerprint density at radius 2 is 0.776 bits per heavy atom. The zero-order chi connectivity index (χ0) is 101. The summed E-state index contributed by atoms with van der Waals surface area (Å²) in [5.41, 5.74) is 15.6. The molecule has 14 aromatic rings. The zero-order valence-electron chi connectivity index (χ0n) is 80.5. The summed E-state index contributed by atoms with van der Waals surface area (Å²) in [6, 6.07) is 70.1. The molecule has 17 rings (SSSR count). The van der Waals surface area contributed by atoms with E-state index in [0.29, 0.717) is 124 Å². The van der Waals surface area contributed by atoms with Crippen molar-refractivity contribution in [2.45, 2.75) is 136 Å². The molecule has 3 aromatic heterocycles. The molecule has 752 valence electrons. The van der Waals surface area contributed by atoms with Gasteiger partial charge >= 0.3 is 6.36 Å². The van der Waals surface area contributed by atoms with Crippen molar-refractivity contribution < 1.29 is 56.0 Å². The predicted molar refractivity (Wildman–Crippen MR) is 568 cm³/mol. The fraction of sp³-hybridized carbons (Fsp3) is 0.351. The van der Waals surface area contributed by atoms with Crippen LogP contribution in [0, 0.1) is 5.92 Å². The molecule has 0 radical (unpaired) electrons. The molecule has 21 nitrogen and oxygen atoms in total. The molecule has 32 heteroatoms. The first-order valence-electron chi connectivity index (χ1n) is 48.2. The Kier molecular flexibility index (Phi) is 38.7. The van der Waals surface area contributed by atoms with E-state index in [-0.39, 0.29) is 41.2 Å². The number of fused-ring (bicyclic) bond motifs is 3. The van der Waals surface area contributed by atoms with Gasteiger partial charge in [0.15, 0.2) is 0 Å². The Labute approximate surface area is 872 Å². The number of morpholine rings is 2. The van der Waals surface area contributed by atoms with Crippen molar-refractivity contribution in [1.82, 2.24) is 59.3 Å². The number of hydrogen-bond acceptors (Lipinski definition) is 18. The topological polar surface area (TPSA) is 206 Å². The standard InChI is InChI=1S/C38H45F3N4O4.C37H36Cl4N4O3.C36H36Cl4N4O2/c1-27(46)22-34(42-25-28-6-3-2-4-7-28)30-12-15-36-35(24-30)43-37(45(36)26-29-10-13-32(14-11-29)49-38(39,40)41)31-8-5-9-33(23-31)48-21-18-44-16-19-47-20-17-44;1-24(46)17-34(42-22-25-5-8-30(38)32(40)18-25)27-7-10-36-35(21-27)43-37(45(36)23-26-6-9-31(39)33(41)19-26)28-3-2-4-29(20-28)48-16-13-44-11-14-47-15-12-44;1-23(45)17-33(41-21-24-5-12-29(37)31(39)18-24)27-9-14-35-34(20-27)42-36(44(35)22-25-6-13-30(38)32(40)19-25)26-7-10-28(11-8-26)46-16-4-15-43(2)3/h5,8-15,23-24,28,34,42H,2-4,6-7,16-22,25-26H2,1H3;2-10,18-21,34,42H,11-17,22-23H2,1H3;5-14,18-20,33,41H,4,15-17,21-22H2,1-3H3. The fourth-order valence-electron chi connectivity index (χ4n) is 18.1. The van der Waals surface area contributed by atoms with Crippen LogP contribution in [0.25, 0.3) is 67.3 Å². The highest BCUT2D eigenvalue weighted by Gasteiger charge is 2.32. The van der Waals surface area contributed by atoms with Gasteiger partial charge in [-0.05, 0) is 257 Å². The lowest BCUT2D eigenvalue weighted by atomic mass is 9.89. The molecule has 0 bridgehead atoms. The van der Waals surface area contributed by atoms with Gasteiger partial charge in [-0.25, -0.2) is 15.0 Å². The number of ether oxygens (including phenoxy) is 6. The van der Waals surface area contributed by atoms with Gasteiger partial charge in [-0.3, -0.25) is 24.2 Å². The first-order chi connectivity index (χ1) is 69.0. The third-order valence-corrected chi connectivity index (χ3v) is 28.4. The number of carbonyl (C=O) groups excluding carboxylic acids is 3. The molecule has 3 fully saturated rings. The Bertz CT molecular complexity index is 6670. The summed E-state index contributed by atoms with van der Waals surface area (Å²) in [6.45, 7) is 19.2. The van der Waals surface area contributed by atoms with Crippen LogP contribution in [0.3, 0.4) is 0 Å². The normalized spacial score (nSPS) is 14.5. The van der Waals surface area contributed by atoms with Gasteiger partial charge in [0.05, 0.1) is 106 Å². The summed E-state index contributed by atoms with van der Waals surface area (Å²) < 4.78 is 78.1. The van der Waals surface area contributed by atoms with Gasteiger partial charge in [0, 0.05) is 133 Å². The summed E-state index contributed by atoms with van der Waals surface area (Å²) in [6.07, 6.45) is 3.48. The maximum Gasteiger partial charge on any atom is 0.573 e. The third kappa shape index (κ3) is 31.0. The van der Waals surface area contributed by atoms with Gasteiger partial charge in [0.2, 0.25) is 0 Å². The van der Waals surface area contributed by atoms with Gasteiger partial charge in [0.1, 0.15) is 71.0 Å². The molecule has 3 aliphatic rings. The number of nitrogens with zero attached hydrogens (tertiary/aromatic N) is 9. The van der Waals surface area contributed by atoms with Crippen molar-refractivity contribution in [3.8, 4) is 57.2 Å². The average molecular weight is 2100 g/mol. The summed E-state index contributed by atoms with van der Waals surface area (Å²) in [4.78, 5) is 59.2. The number of imidazole rings is 3. The maximum absolute atomic E-state index is 12.8. The van der Waals surface area contributed by atoms with Crippen LogP contribution in [-0.2, 0) is 56.6 Å². The number of aromatic nitrogens is 6. The monoisotopic (exact) mass is 2100 g/mol. The molecule has 3 atom stereocenters. The molecule has 1 aliphatic carbocycles. The highest BCUT2D eigenvalue weighted by Crippen LogP contribution is 2.39. The minimum absolute atomic E-state index is 0.0815. The number of Topliss-reactive ketones (excluding diaryl/α,β-unsaturated/α-hetero) is 3. The molecule has 0 spiro atoms. The molecule has 3 unspecified atom stereocenters. The van der Waals surface area contributed by atoms with Crippen LogP contribution in [-0.4, -0.2) is 180 Å². The Morgan fingerprint density at radius 3 is 1.17 bits per heavy atom. The Hall–Kier alpha value is -10.2. The lowest BCUT2D eigenvalue weighted by Crippen LogP contribution is -2.38. The number of benzene rings is 11. The van der Waals surface area contributed by atoms with E-state index in [0.717, 1.165) is 208 Å². The fourth-order valence-corrected chi connectivity index (χ4v) is 19.4. The van der Waals surface area contributed by atoms with E-state index >= 15 is 0 Å². The quantitative estimate of drug-likeness (QED) is 0.0305. The number of rotatable bonds is 41. The second-order valence-electron chi connectivity index (χ2n) is 36.7. The Morgan fingerprint density at radius 1 is 0.406 bits per heavy atom. The summed E-state index contributed by atoms with van der Waals surface area (Å²) in [7, 11) is 4.11. The number of nitrogens with one attached hydrogen (secondary N) is 3. The van der Waals surface area contributed by atoms with Gasteiger partial charge in [0.25, 0.3) is 0 Å². The molecule has 1 saturated carbocycles. The molecular weight excluding hydrogens is 1990 g/mol. The van der Waals surface area contributed by atoms with Crippen LogP contribution in [0.1, 0.15) is 141 Å². The molecule has 11 aromatic carbocycles. The van der Waals surface area contributed by atoms with Gasteiger partial charge in [-0.2, -0.15) is 0 Å². The van der Waals surface area contributed by atoms with Crippen molar-refractivity contribution in [3.05, 3.63) is 309 Å². The average Bonchev–Trinajstić information content (AvgIpc) is 1.63. The summed E-state index contributed by atoms with van der Waals surface area (Å²) in [5.74, 6) is 5.27. The first-order valence-corrected chi connectivity index (χ1v) is 51.3. The van der Waals surface area contributed by atoms with Crippen LogP contribution in [0.4, 0.5) is 13.2 Å². The minimum atomic E-state index is -4.76. The van der Waals surface area contributed by atoms with E-state index < -0.39 is 6.36 Å². The SMILES string of the molecule is CC(=O)CC(NCC1CCCCC1)c1ccc2c(c1)nc(-c1cccc(OCCN3CCOCC3)c1)n2Cc1ccc(OC(F)(F)F)cc1.CC(=O)CC(NCc1ccc(Cl)c(Cl)c1)c1ccc2c(c1)nc(-c1ccc(OCCCN(C)C)cc1)n2Cc1ccc(Cl)c(Cl)c1.CC(=O)CC(NCc1ccc(Cl)c(Cl)c1)c1ccc2c(c1)nc(-c1cccc(OCCN3CCOCC3)c1)n2Cc1ccc(Cl)c(Cl)c1. The highest BCUT2D eigenvalue weighted by molar-refractivity contribution is 6.43. The molecule has 0 amide bonds. The zero-order valence-corrected chi connectivity index (χ0v) is 86.6. The smallest absolute Gasteiger partial charge is 0.494 e. The number of alkyl halides is 3. The van der Waals surface area contributed by atoms with Crippen LogP contribution in [0.15, 0.2) is 224 Å². The van der Waals surface area contributed by atoms with Gasteiger partial charge in [-0.1, -0.05) is 191 Å². The lowest BCUT2D eigenvalue weighted by Gasteiger charge is -2.26. The minimum Gasteiger partial charge on any atom is -0.494 e. The summed E-state index contributed by atoms with van der Waals surface area (Å²) >= 11 is 50.0. The molecule has 2 aliphatic heterocycles. The third-order valence-electron chi connectivity index (χ3n) is 25.5. The predicted octanol–water partition coefficient (Wildman–Crippen LogP) is 25.9. The van der Waals surface area contributed by atoms with Crippen molar-refractivity contribution >= 4 is 143 Å². The van der Waals surface area contributed by atoms with Crippen molar-refractivity contribution in [2.24, 2.45) is 5.92 Å². The second kappa shape index (κ2) is 51.7. The molecule has 143 heavy (non-hydrogen) atoms. The van der Waals surface area contributed by atoms with E-state index in [4.69, 9.17) is 131 Å². The molecule has 3 N–H and O–H groups in total. The van der Waals surface area contributed by atoms with Gasteiger partial charge in [-0.15, -0.1) is 13.2 Å². The van der Waals surface area contributed by atoms with Crippen molar-refractivity contribution in [2.75, 3.05) is 113 Å². The second-order valence-corrected chi connectivity index (χ2v) is 40.0. The maximum atomic E-state index is 12.8. The highest BCUT2D eigenvalue weighted by atomic mass is 35.5. The lowest BCUT2D eigenvalue weighted by molar-refractivity contribution is -0.274. The largest absolute Gasteiger partial charge is 0.573 e. The van der Waals surface area contributed by atoms with E-state index in [2.05, 4.69) is 112 Å². The number of ketones is 3. The summed E-state index contributed by atoms with van der Waals surface area (Å²) in [5, 5.41) is 14.8. The van der Waals surface area contributed by atoms with E-state index in [1.807, 2.05) is 140 Å². The number of hydrogen-bond donors (Lipinski definition) is 3. The van der Waals surface area contributed by atoms with Crippen LogP contribution >= 0.6 is 92.8 Å². The molecule has 2 saturated heterocycles.